The lowest BCUT2D eigenvalue weighted by Crippen LogP contribution is -2.22. The molecule has 0 aliphatic heterocycles. The Morgan fingerprint density at radius 2 is 0.984 bits per heavy atom. The Morgan fingerprint density at radius 1 is 0.452 bits per heavy atom. The molecule has 9 aromatic carbocycles. The smallest absolute Gasteiger partial charge is 0.165 e. The van der Waals surface area contributed by atoms with Gasteiger partial charge in [0.15, 0.2) is 17.5 Å². The van der Waals surface area contributed by atoms with E-state index in [-0.39, 0.29) is 0 Å². The average Bonchev–Trinajstić information content (AvgIpc) is 3.92. The summed E-state index contributed by atoms with van der Waals surface area (Å²) in [4.78, 5) is 15.3. The summed E-state index contributed by atoms with van der Waals surface area (Å²) in [6.07, 6.45) is 2.06. The van der Waals surface area contributed by atoms with Crippen molar-refractivity contribution in [2.24, 2.45) is 0 Å². The largest absolute Gasteiger partial charge is 0.456 e. The molecule has 3 heterocycles. The van der Waals surface area contributed by atoms with E-state index >= 15 is 0 Å². The van der Waals surface area contributed by atoms with Crippen molar-refractivity contribution in [3.05, 3.63) is 198 Å². The van der Waals surface area contributed by atoms with Gasteiger partial charge in [-0.2, -0.15) is 0 Å². The fourth-order valence-electron chi connectivity index (χ4n) is 9.25. The molecule has 62 heavy (non-hydrogen) atoms. The van der Waals surface area contributed by atoms with Crippen molar-refractivity contribution in [2.45, 2.75) is 13.8 Å². The quantitative estimate of drug-likeness (QED) is 0.162. The molecular formula is C57H37N3OS. The highest BCUT2D eigenvalue weighted by atomic mass is 32.1. The summed E-state index contributed by atoms with van der Waals surface area (Å²) in [5, 5.41) is 12.3. The van der Waals surface area contributed by atoms with Crippen LogP contribution in [0.2, 0.25) is 0 Å². The minimum Gasteiger partial charge on any atom is -0.456 e. The summed E-state index contributed by atoms with van der Waals surface area (Å²) in [7, 11) is 0. The SMILES string of the molecule is C/C=c1/oc2ccc(-c3ccc4c5ccccc5c5ccccc5c4c3)cc2/c1=C(/C)c1ccc(-c2nc(-c3ccccc3)nc(-c3cccc4c3sc3ccccc34)n2)cc1. The predicted octanol–water partition coefficient (Wildman–Crippen LogP) is 14.1. The Kier molecular flexibility index (Phi) is 8.44. The van der Waals surface area contributed by atoms with Gasteiger partial charge in [0, 0.05) is 47.5 Å². The van der Waals surface area contributed by atoms with Crippen molar-refractivity contribution >= 4 is 86.4 Å². The first-order chi connectivity index (χ1) is 30.6. The van der Waals surface area contributed by atoms with Crippen molar-refractivity contribution in [1.82, 2.24) is 15.0 Å². The van der Waals surface area contributed by atoms with Gasteiger partial charge in [-0.15, -0.1) is 11.3 Å². The van der Waals surface area contributed by atoms with Crippen molar-refractivity contribution in [3.8, 4) is 45.3 Å². The van der Waals surface area contributed by atoms with Crippen molar-refractivity contribution in [1.29, 1.82) is 0 Å². The van der Waals surface area contributed by atoms with E-state index in [4.69, 9.17) is 19.4 Å². The third-order valence-electron chi connectivity index (χ3n) is 12.3. The molecule has 0 aliphatic carbocycles. The Morgan fingerprint density at radius 3 is 1.68 bits per heavy atom. The second kappa shape index (κ2) is 14.5. The van der Waals surface area contributed by atoms with Gasteiger partial charge in [-0.25, -0.2) is 15.0 Å². The van der Waals surface area contributed by atoms with E-state index in [1.54, 1.807) is 11.3 Å². The number of fused-ring (bicyclic) bond motifs is 10. The summed E-state index contributed by atoms with van der Waals surface area (Å²) in [6, 6.07) is 64.7. The van der Waals surface area contributed by atoms with Crippen LogP contribution >= 0.6 is 11.3 Å². The Hall–Kier alpha value is -7.73. The number of hydrogen-bond donors (Lipinski definition) is 0. The highest BCUT2D eigenvalue weighted by Crippen LogP contribution is 2.40. The molecule has 0 saturated heterocycles. The van der Waals surface area contributed by atoms with E-state index in [0.717, 1.165) is 55.0 Å². The molecule has 0 N–H and O–H groups in total. The molecule has 12 aromatic rings. The zero-order chi connectivity index (χ0) is 41.3. The maximum atomic E-state index is 6.51. The molecular weight excluding hydrogens is 775 g/mol. The van der Waals surface area contributed by atoms with Crippen molar-refractivity contribution in [3.63, 3.8) is 0 Å². The van der Waals surface area contributed by atoms with Crippen LogP contribution in [0.25, 0.3) is 120 Å². The first-order valence-electron chi connectivity index (χ1n) is 21.0. The molecule has 5 heteroatoms. The second-order valence-electron chi connectivity index (χ2n) is 15.8. The number of nitrogens with zero attached hydrogens (tertiary/aromatic N) is 3. The van der Waals surface area contributed by atoms with E-state index in [1.165, 1.54) is 58.1 Å². The summed E-state index contributed by atoms with van der Waals surface area (Å²) in [5.41, 5.74) is 9.15. The van der Waals surface area contributed by atoms with Crippen LogP contribution in [0.15, 0.2) is 186 Å². The molecule has 0 fully saturated rings. The van der Waals surface area contributed by atoms with Crippen molar-refractivity contribution < 1.29 is 4.42 Å². The summed E-state index contributed by atoms with van der Waals surface area (Å²) in [6.45, 7) is 4.23. The van der Waals surface area contributed by atoms with Crippen LogP contribution in [-0.4, -0.2) is 15.0 Å². The van der Waals surface area contributed by atoms with E-state index < -0.39 is 0 Å². The van der Waals surface area contributed by atoms with Gasteiger partial charge in [0.2, 0.25) is 0 Å². The van der Waals surface area contributed by atoms with Crippen LogP contribution in [0.5, 0.6) is 0 Å². The van der Waals surface area contributed by atoms with Crippen LogP contribution in [0.3, 0.4) is 0 Å². The minimum atomic E-state index is 0.633. The number of hydrogen-bond acceptors (Lipinski definition) is 5. The standard InChI is InChI=1S/C57H37N3OS/c1-3-50-53(49-33-39(29-31-51(49)61-50)38-28-30-44-42-18-8-7-16-40(42)41-17-9-10-19-43(41)48(44)32-38)34(2)35-24-26-37(27-25-35)56-58-55(36-14-5-4-6-15-36)59-57(60-56)47-22-13-21-46-45-20-11-12-23-52(45)62-54(46)47/h3-33H,1-2H3/b50-3+,53-34+. The number of benzene rings is 9. The first kappa shape index (κ1) is 36.1. The molecule has 0 bridgehead atoms. The van der Waals surface area contributed by atoms with Gasteiger partial charge in [0.05, 0.1) is 0 Å². The molecule has 3 aromatic heterocycles. The van der Waals surface area contributed by atoms with E-state index in [1.807, 2.05) is 25.1 Å². The molecule has 292 valence electrons. The van der Waals surface area contributed by atoms with Gasteiger partial charge in [-0.1, -0.05) is 152 Å². The molecule has 4 nitrogen and oxygen atoms in total. The molecule has 0 atom stereocenters. The van der Waals surface area contributed by atoms with Gasteiger partial charge in [-0.3, -0.25) is 0 Å². The summed E-state index contributed by atoms with van der Waals surface area (Å²) in [5.74, 6) is 1.94. The van der Waals surface area contributed by atoms with Crippen LogP contribution in [0, 0.1) is 0 Å². The van der Waals surface area contributed by atoms with Gasteiger partial charge < -0.3 is 4.42 Å². The highest BCUT2D eigenvalue weighted by molar-refractivity contribution is 7.26. The van der Waals surface area contributed by atoms with Crippen LogP contribution in [-0.2, 0) is 0 Å². The second-order valence-corrected chi connectivity index (χ2v) is 16.9. The lowest BCUT2D eigenvalue weighted by atomic mass is 9.92. The molecule has 0 radical (unpaired) electrons. The Bertz CT molecular complexity index is 3850. The zero-order valence-electron chi connectivity index (χ0n) is 34.1. The third kappa shape index (κ3) is 5.85. The zero-order valence-corrected chi connectivity index (χ0v) is 34.9. The minimum absolute atomic E-state index is 0.633. The fourth-order valence-corrected chi connectivity index (χ4v) is 10.5. The normalized spacial score (nSPS) is 12.7. The summed E-state index contributed by atoms with van der Waals surface area (Å²) >= 11 is 1.78. The number of furan rings is 1. The molecule has 0 spiro atoms. The van der Waals surface area contributed by atoms with E-state index in [0.29, 0.717) is 17.5 Å². The van der Waals surface area contributed by atoms with E-state index in [2.05, 4.69) is 177 Å². The monoisotopic (exact) mass is 811 g/mol. The fraction of sp³-hybridized carbons (Fsp3) is 0.0351. The van der Waals surface area contributed by atoms with Gasteiger partial charge >= 0.3 is 0 Å². The Labute approximate surface area is 361 Å². The first-order valence-corrected chi connectivity index (χ1v) is 21.8. The predicted molar refractivity (Wildman–Crippen MR) is 261 cm³/mol. The topological polar surface area (TPSA) is 51.8 Å². The molecule has 0 unspecified atom stereocenters. The highest BCUT2D eigenvalue weighted by Gasteiger charge is 2.18. The number of rotatable bonds is 5. The average molecular weight is 812 g/mol. The van der Waals surface area contributed by atoms with Crippen molar-refractivity contribution in [2.75, 3.05) is 0 Å². The molecule has 0 aliphatic rings. The molecule has 0 amide bonds. The van der Waals surface area contributed by atoms with Gasteiger partial charge in [0.25, 0.3) is 0 Å². The van der Waals surface area contributed by atoms with Crippen LogP contribution < -0.4 is 10.6 Å². The number of aromatic nitrogens is 3. The van der Waals surface area contributed by atoms with E-state index in [9.17, 15) is 0 Å². The van der Waals surface area contributed by atoms with Gasteiger partial charge in [-0.05, 0) is 105 Å². The maximum absolute atomic E-state index is 6.51. The Balaban J connectivity index is 0.971. The summed E-state index contributed by atoms with van der Waals surface area (Å²) < 4.78 is 8.93. The maximum Gasteiger partial charge on any atom is 0.165 e. The number of thiophene rings is 1. The van der Waals surface area contributed by atoms with Gasteiger partial charge in [0.1, 0.15) is 11.0 Å². The third-order valence-corrected chi connectivity index (χ3v) is 13.5. The molecule has 0 saturated carbocycles. The lowest BCUT2D eigenvalue weighted by Gasteiger charge is -2.12. The van der Waals surface area contributed by atoms with Crippen LogP contribution in [0.1, 0.15) is 19.4 Å². The van der Waals surface area contributed by atoms with Crippen LogP contribution in [0.4, 0.5) is 0 Å². The molecule has 12 rings (SSSR count). The lowest BCUT2D eigenvalue weighted by molar-refractivity contribution is 0.574.